The van der Waals surface area contributed by atoms with Gasteiger partial charge in [0.1, 0.15) is 11.8 Å². The summed E-state index contributed by atoms with van der Waals surface area (Å²) < 4.78 is 57.5. The van der Waals surface area contributed by atoms with E-state index in [9.17, 15) is 27.9 Å². The summed E-state index contributed by atoms with van der Waals surface area (Å²) >= 11 is 1.62. The quantitative estimate of drug-likeness (QED) is 0.266. The minimum Gasteiger partial charge on any atom is -0.496 e. The van der Waals surface area contributed by atoms with E-state index in [4.69, 9.17) is 14.2 Å². The number of hydrogen-bond acceptors (Lipinski definition) is 7. The van der Waals surface area contributed by atoms with E-state index in [0.29, 0.717) is 28.3 Å². The van der Waals surface area contributed by atoms with Gasteiger partial charge in [-0.05, 0) is 48.2 Å². The Balaban J connectivity index is 1.32. The molecule has 2 amide bonds. The molecule has 0 aliphatic carbocycles. The Morgan fingerprint density at radius 2 is 1.71 bits per heavy atom. The van der Waals surface area contributed by atoms with Gasteiger partial charge in [0.05, 0.1) is 25.9 Å². The second kappa shape index (κ2) is 14.2. The fourth-order valence-corrected chi connectivity index (χ4v) is 6.81. The Kier molecular flexibility index (Phi) is 10.4. The lowest BCUT2D eigenvalue weighted by Crippen LogP contribution is -2.48. The van der Waals surface area contributed by atoms with Crippen LogP contribution in [0.2, 0.25) is 0 Å². The molecule has 0 radical (unpaired) electrons. The zero-order valence-electron chi connectivity index (χ0n) is 24.8. The lowest BCUT2D eigenvalue weighted by Gasteiger charge is -2.41. The SMILES string of the molecule is COc1ccccc1SC[C@@H]1O[C@H](c2ccc(NC(=O)[C@@H]3CCCN3C(=O)C(F)(F)F)cc2)O[C@H](c2ccc(CO)cc2)[C@@H]1C. The van der Waals surface area contributed by atoms with Crippen molar-refractivity contribution in [2.75, 3.05) is 24.7 Å². The Morgan fingerprint density at radius 1 is 1.02 bits per heavy atom. The lowest BCUT2D eigenvalue weighted by atomic mass is 9.91. The molecule has 3 aromatic carbocycles. The van der Waals surface area contributed by atoms with Gasteiger partial charge in [-0.25, -0.2) is 0 Å². The highest BCUT2D eigenvalue weighted by Gasteiger charge is 2.47. The molecule has 240 valence electrons. The number of ether oxygens (including phenoxy) is 3. The molecule has 0 spiro atoms. The van der Waals surface area contributed by atoms with Gasteiger partial charge in [-0.3, -0.25) is 9.59 Å². The van der Waals surface area contributed by atoms with Crippen molar-refractivity contribution in [3.63, 3.8) is 0 Å². The fraction of sp³-hybridized carbons (Fsp3) is 0.394. The number of anilines is 1. The molecule has 0 saturated carbocycles. The van der Waals surface area contributed by atoms with Crippen LogP contribution in [0.5, 0.6) is 5.75 Å². The van der Waals surface area contributed by atoms with Crippen molar-refractivity contribution >= 4 is 29.3 Å². The molecular weight excluding hydrogens is 609 g/mol. The number of hydrogen-bond donors (Lipinski definition) is 2. The first-order valence-corrected chi connectivity index (χ1v) is 15.6. The molecular formula is C33H35F3N2O6S. The summed E-state index contributed by atoms with van der Waals surface area (Å²) in [5.74, 6) is -1.31. The average molecular weight is 645 g/mol. The van der Waals surface area contributed by atoms with Gasteiger partial charge < -0.3 is 29.5 Å². The topological polar surface area (TPSA) is 97.3 Å². The molecule has 0 bridgehead atoms. The van der Waals surface area contributed by atoms with Crippen LogP contribution in [0.4, 0.5) is 18.9 Å². The number of benzene rings is 3. The monoisotopic (exact) mass is 644 g/mol. The van der Waals surface area contributed by atoms with Crippen LogP contribution in [0.25, 0.3) is 0 Å². The maximum Gasteiger partial charge on any atom is 0.471 e. The molecule has 0 unspecified atom stereocenters. The van der Waals surface area contributed by atoms with Gasteiger partial charge in [-0.15, -0.1) is 11.8 Å². The highest BCUT2D eigenvalue weighted by atomic mass is 32.2. The maximum absolute atomic E-state index is 13.0. The zero-order valence-corrected chi connectivity index (χ0v) is 25.6. The number of nitrogens with zero attached hydrogens (tertiary/aromatic N) is 1. The van der Waals surface area contributed by atoms with Crippen LogP contribution in [-0.2, 0) is 25.7 Å². The number of amides is 2. The zero-order chi connectivity index (χ0) is 32.1. The third kappa shape index (κ3) is 7.63. The molecule has 2 aliphatic rings. The lowest BCUT2D eigenvalue weighted by molar-refractivity contribution is -0.268. The summed E-state index contributed by atoms with van der Waals surface area (Å²) in [6.45, 7) is 1.89. The van der Waals surface area contributed by atoms with Gasteiger partial charge in [0.15, 0.2) is 6.29 Å². The molecule has 8 nitrogen and oxygen atoms in total. The molecule has 45 heavy (non-hydrogen) atoms. The largest absolute Gasteiger partial charge is 0.496 e. The van der Waals surface area contributed by atoms with Crippen LogP contribution in [0.3, 0.4) is 0 Å². The number of thioether (sulfide) groups is 1. The Labute approximate surface area is 263 Å². The van der Waals surface area contributed by atoms with Gasteiger partial charge >= 0.3 is 12.1 Å². The van der Waals surface area contributed by atoms with E-state index in [1.54, 1.807) is 43.1 Å². The van der Waals surface area contributed by atoms with Crippen molar-refractivity contribution in [1.82, 2.24) is 4.90 Å². The second-order valence-electron chi connectivity index (χ2n) is 11.0. The van der Waals surface area contributed by atoms with E-state index < -0.39 is 30.3 Å². The van der Waals surface area contributed by atoms with Gasteiger partial charge in [-0.1, -0.05) is 55.5 Å². The number of halogens is 3. The summed E-state index contributed by atoms with van der Waals surface area (Å²) in [6, 6.07) is 20.9. The predicted molar refractivity (Wildman–Crippen MR) is 163 cm³/mol. The molecule has 2 saturated heterocycles. The van der Waals surface area contributed by atoms with Crippen LogP contribution in [0, 0.1) is 5.92 Å². The normalized spacial score (nSPS) is 23.5. The molecule has 2 aliphatic heterocycles. The van der Waals surface area contributed by atoms with Crippen molar-refractivity contribution in [2.24, 2.45) is 5.92 Å². The van der Waals surface area contributed by atoms with Crippen LogP contribution in [-0.4, -0.2) is 59.6 Å². The van der Waals surface area contributed by atoms with Crippen LogP contribution < -0.4 is 10.1 Å². The van der Waals surface area contributed by atoms with Gasteiger partial charge in [0, 0.05) is 34.4 Å². The number of alkyl halides is 3. The van der Waals surface area contributed by atoms with Gasteiger partial charge in [-0.2, -0.15) is 13.2 Å². The Hall–Kier alpha value is -3.58. The summed E-state index contributed by atoms with van der Waals surface area (Å²) in [5, 5.41) is 12.1. The number of rotatable bonds is 9. The summed E-state index contributed by atoms with van der Waals surface area (Å²) in [7, 11) is 1.63. The first-order chi connectivity index (χ1) is 21.6. The van der Waals surface area contributed by atoms with E-state index in [0.717, 1.165) is 21.8 Å². The van der Waals surface area contributed by atoms with Crippen molar-refractivity contribution < 1.29 is 42.1 Å². The van der Waals surface area contributed by atoms with E-state index in [-0.39, 0.29) is 37.7 Å². The van der Waals surface area contributed by atoms with Crippen LogP contribution >= 0.6 is 11.8 Å². The van der Waals surface area contributed by atoms with Crippen molar-refractivity contribution in [2.45, 2.75) is 62.0 Å². The van der Waals surface area contributed by atoms with Crippen molar-refractivity contribution in [1.29, 1.82) is 0 Å². The molecule has 2 fully saturated rings. The van der Waals surface area contributed by atoms with Gasteiger partial charge in [0.25, 0.3) is 0 Å². The number of carbonyl (C=O) groups is 2. The standard InChI is InChI=1S/C33H35F3N2O6S/c1-20-27(19-45-28-8-4-3-7-26(28)42-2)43-31(44-29(20)22-11-9-21(18-39)10-12-22)23-13-15-24(16-14-23)37-30(40)25-6-5-17-38(25)32(41)33(34,35)36/h3-4,7-16,20,25,27,29,31,39H,5-6,17-19H2,1-2H3,(H,37,40)/t20-,25+,27+,29+,31+/m1/s1. The number of methoxy groups -OCH3 is 1. The highest BCUT2D eigenvalue weighted by molar-refractivity contribution is 7.99. The molecule has 2 N–H and O–H groups in total. The summed E-state index contributed by atoms with van der Waals surface area (Å²) in [5.41, 5.74) is 2.80. The molecule has 5 atom stereocenters. The number of para-hydroxylation sites is 1. The smallest absolute Gasteiger partial charge is 0.471 e. The van der Waals surface area contributed by atoms with E-state index in [2.05, 4.69) is 12.2 Å². The predicted octanol–water partition coefficient (Wildman–Crippen LogP) is 6.26. The van der Waals surface area contributed by atoms with Gasteiger partial charge in [0.2, 0.25) is 5.91 Å². The summed E-state index contributed by atoms with van der Waals surface area (Å²) in [6.07, 6.45) is -5.86. The number of likely N-dealkylation sites (tertiary alicyclic amines) is 1. The number of aliphatic hydroxyl groups is 1. The number of aliphatic hydroxyl groups excluding tert-OH is 1. The minimum atomic E-state index is -5.04. The van der Waals surface area contributed by atoms with Crippen LogP contribution in [0.1, 0.15) is 48.8 Å². The van der Waals surface area contributed by atoms with E-state index >= 15 is 0 Å². The highest BCUT2D eigenvalue weighted by Crippen LogP contribution is 2.44. The number of nitrogens with one attached hydrogen (secondary N) is 1. The Bertz CT molecular complexity index is 1470. The summed E-state index contributed by atoms with van der Waals surface area (Å²) in [4.78, 5) is 26.2. The molecule has 3 aromatic rings. The molecule has 5 rings (SSSR count). The minimum absolute atomic E-state index is 0.0317. The average Bonchev–Trinajstić information content (AvgIpc) is 3.54. The molecule has 0 aromatic heterocycles. The van der Waals surface area contributed by atoms with Crippen LogP contribution in [0.15, 0.2) is 77.7 Å². The third-order valence-electron chi connectivity index (χ3n) is 8.10. The Morgan fingerprint density at radius 3 is 2.38 bits per heavy atom. The van der Waals surface area contributed by atoms with Crippen molar-refractivity contribution in [3.05, 3.63) is 89.5 Å². The molecule has 12 heteroatoms. The first kappa shape index (κ1) is 32.8. The van der Waals surface area contributed by atoms with E-state index in [1.807, 2.05) is 48.5 Å². The third-order valence-corrected chi connectivity index (χ3v) is 9.25. The number of carbonyl (C=O) groups excluding carboxylic acids is 2. The molecule has 2 heterocycles. The maximum atomic E-state index is 13.0. The second-order valence-corrected chi connectivity index (χ2v) is 12.1. The fourth-order valence-electron chi connectivity index (χ4n) is 5.61. The van der Waals surface area contributed by atoms with E-state index in [1.165, 1.54) is 0 Å². The first-order valence-electron chi connectivity index (χ1n) is 14.6. The van der Waals surface area contributed by atoms with Crippen molar-refractivity contribution in [3.8, 4) is 5.75 Å².